The van der Waals surface area contributed by atoms with Crippen molar-refractivity contribution in [2.45, 2.75) is 26.3 Å². The minimum Gasteiger partial charge on any atom is -0.419 e. The standard InChI is InChI=1S/C13H16BrN3O/c1-4-11(15-3)13-17-16-12(18-13)10-7-9(14)6-5-8(10)2/h5-7,11,15H,4H2,1-3H3. The van der Waals surface area contributed by atoms with Crippen molar-refractivity contribution in [3.63, 3.8) is 0 Å². The summed E-state index contributed by atoms with van der Waals surface area (Å²) in [4.78, 5) is 0. The molecule has 0 aliphatic heterocycles. The third-order valence-corrected chi connectivity index (χ3v) is 3.42. The predicted molar refractivity (Wildman–Crippen MR) is 74.3 cm³/mol. The summed E-state index contributed by atoms with van der Waals surface area (Å²) in [5.74, 6) is 1.20. The minimum absolute atomic E-state index is 0.110. The molecule has 4 nitrogen and oxygen atoms in total. The zero-order chi connectivity index (χ0) is 13.1. The molecule has 0 radical (unpaired) electrons. The highest BCUT2D eigenvalue weighted by Crippen LogP contribution is 2.27. The molecule has 0 aliphatic rings. The SMILES string of the molecule is CCC(NC)c1nnc(-c2cc(Br)ccc2C)o1. The van der Waals surface area contributed by atoms with E-state index in [1.54, 1.807) is 0 Å². The highest BCUT2D eigenvalue weighted by atomic mass is 79.9. The Hall–Kier alpha value is -1.20. The Kier molecular flexibility index (Phi) is 4.14. The highest BCUT2D eigenvalue weighted by Gasteiger charge is 2.16. The Balaban J connectivity index is 2.37. The van der Waals surface area contributed by atoms with Crippen molar-refractivity contribution in [2.24, 2.45) is 0 Å². The summed E-state index contributed by atoms with van der Waals surface area (Å²) in [5.41, 5.74) is 2.08. The van der Waals surface area contributed by atoms with Gasteiger partial charge < -0.3 is 9.73 Å². The van der Waals surface area contributed by atoms with Crippen LogP contribution in [0.1, 0.15) is 30.8 Å². The molecule has 5 heteroatoms. The van der Waals surface area contributed by atoms with Crippen molar-refractivity contribution in [2.75, 3.05) is 7.05 Å². The largest absolute Gasteiger partial charge is 0.419 e. The van der Waals surface area contributed by atoms with Crippen LogP contribution >= 0.6 is 15.9 Å². The average Bonchev–Trinajstić information content (AvgIpc) is 2.83. The van der Waals surface area contributed by atoms with Crippen molar-refractivity contribution in [1.29, 1.82) is 0 Å². The van der Waals surface area contributed by atoms with E-state index >= 15 is 0 Å². The molecule has 1 aromatic heterocycles. The number of aromatic nitrogens is 2. The summed E-state index contributed by atoms with van der Waals surface area (Å²) < 4.78 is 6.75. The second-order valence-electron chi connectivity index (χ2n) is 4.15. The third-order valence-electron chi connectivity index (χ3n) is 2.93. The van der Waals surface area contributed by atoms with Crippen molar-refractivity contribution in [1.82, 2.24) is 15.5 Å². The van der Waals surface area contributed by atoms with E-state index in [0.717, 1.165) is 22.0 Å². The molecule has 1 aromatic carbocycles. The quantitative estimate of drug-likeness (QED) is 0.939. The Morgan fingerprint density at radius 1 is 1.39 bits per heavy atom. The van der Waals surface area contributed by atoms with Crippen LogP contribution in [0, 0.1) is 6.92 Å². The number of hydrogen-bond acceptors (Lipinski definition) is 4. The summed E-state index contributed by atoms with van der Waals surface area (Å²) in [6, 6.07) is 6.13. The Labute approximate surface area is 115 Å². The van der Waals surface area contributed by atoms with Crippen molar-refractivity contribution in [3.8, 4) is 11.5 Å². The first-order valence-electron chi connectivity index (χ1n) is 5.93. The van der Waals surface area contributed by atoms with Crippen LogP contribution < -0.4 is 5.32 Å². The summed E-state index contributed by atoms with van der Waals surface area (Å²) in [5, 5.41) is 11.4. The van der Waals surface area contributed by atoms with Crippen LogP contribution in [0.4, 0.5) is 0 Å². The average molecular weight is 310 g/mol. The third kappa shape index (κ3) is 2.62. The highest BCUT2D eigenvalue weighted by molar-refractivity contribution is 9.10. The number of halogens is 1. The second kappa shape index (κ2) is 5.63. The van der Waals surface area contributed by atoms with Gasteiger partial charge >= 0.3 is 0 Å². The number of rotatable bonds is 4. The fourth-order valence-corrected chi connectivity index (χ4v) is 2.17. The molecule has 0 saturated carbocycles. The number of nitrogens with one attached hydrogen (secondary N) is 1. The first-order valence-corrected chi connectivity index (χ1v) is 6.72. The first kappa shape index (κ1) is 13.2. The monoisotopic (exact) mass is 309 g/mol. The fourth-order valence-electron chi connectivity index (χ4n) is 1.81. The van der Waals surface area contributed by atoms with Crippen LogP contribution in [0.2, 0.25) is 0 Å². The van der Waals surface area contributed by atoms with Gasteiger partial charge in [0, 0.05) is 10.0 Å². The summed E-state index contributed by atoms with van der Waals surface area (Å²) in [7, 11) is 1.89. The summed E-state index contributed by atoms with van der Waals surface area (Å²) in [6.45, 7) is 4.11. The molecule has 18 heavy (non-hydrogen) atoms. The molecule has 0 aliphatic carbocycles. The number of hydrogen-bond donors (Lipinski definition) is 1. The van der Waals surface area contributed by atoms with E-state index in [-0.39, 0.29) is 6.04 Å². The lowest BCUT2D eigenvalue weighted by Crippen LogP contribution is -2.15. The van der Waals surface area contributed by atoms with Crippen LogP contribution in [0.5, 0.6) is 0 Å². The molecular weight excluding hydrogens is 294 g/mol. The van der Waals surface area contributed by atoms with Gasteiger partial charge in [0.2, 0.25) is 11.8 Å². The zero-order valence-electron chi connectivity index (χ0n) is 10.7. The van der Waals surface area contributed by atoms with Crippen LogP contribution in [0.3, 0.4) is 0 Å². The molecule has 0 amide bonds. The normalized spacial score (nSPS) is 12.7. The summed E-state index contributed by atoms with van der Waals surface area (Å²) >= 11 is 3.45. The van der Waals surface area contributed by atoms with Gasteiger partial charge in [-0.2, -0.15) is 0 Å². The molecule has 1 atom stereocenters. The molecule has 1 heterocycles. The van der Waals surface area contributed by atoms with Crippen molar-refractivity contribution >= 4 is 15.9 Å². The molecule has 2 aromatic rings. The lowest BCUT2D eigenvalue weighted by atomic mass is 10.1. The Morgan fingerprint density at radius 2 is 2.17 bits per heavy atom. The topological polar surface area (TPSA) is 51.0 Å². The van der Waals surface area contributed by atoms with Crippen LogP contribution in [0.15, 0.2) is 27.1 Å². The first-order chi connectivity index (χ1) is 8.65. The van der Waals surface area contributed by atoms with E-state index in [2.05, 4.69) is 38.4 Å². The van der Waals surface area contributed by atoms with E-state index < -0.39 is 0 Å². The molecule has 2 rings (SSSR count). The molecule has 0 saturated heterocycles. The van der Waals surface area contributed by atoms with E-state index in [4.69, 9.17) is 4.42 Å². The van der Waals surface area contributed by atoms with E-state index in [1.807, 2.05) is 32.2 Å². The predicted octanol–water partition coefficient (Wildman–Crippen LogP) is 3.48. The van der Waals surface area contributed by atoms with Gasteiger partial charge in [0.15, 0.2) is 0 Å². The van der Waals surface area contributed by atoms with Gasteiger partial charge in [0.1, 0.15) is 0 Å². The smallest absolute Gasteiger partial charge is 0.248 e. The van der Waals surface area contributed by atoms with Crippen LogP contribution in [-0.4, -0.2) is 17.2 Å². The van der Waals surface area contributed by atoms with Gasteiger partial charge in [-0.1, -0.05) is 28.9 Å². The Bertz CT molecular complexity index is 535. The lowest BCUT2D eigenvalue weighted by molar-refractivity contribution is 0.415. The molecule has 96 valence electrons. The molecule has 1 N–H and O–H groups in total. The molecule has 0 bridgehead atoms. The van der Waals surface area contributed by atoms with Crippen LogP contribution in [-0.2, 0) is 0 Å². The maximum absolute atomic E-state index is 5.74. The van der Waals surface area contributed by atoms with E-state index in [9.17, 15) is 0 Å². The molecule has 0 spiro atoms. The van der Waals surface area contributed by atoms with Gasteiger partial charge in [-0.05, 0) is 38.1 Å². The second-order valence-corrected chi connectivity index (χ2v) is 5.07. The van der Waals surface area contributed by atoms with E-state index in [0.29, 0.717) is 11.8 Å². The number of aryl methyl sites for hydroxylation is 1. The van der Waals surface area contributed by atoms with Gasteiger partial charge in [0.25, 0.3) is 0 Å². The van der Waals surface area contributed by atoms with Crippen LogP contribution in [0.25, 0.3) is 11.5 Å². The van der Waals surface area contributed by atoms with Gasteiger partial charge in [-0.15, -0.1) is 10.2 Å². The maximum Gasteiger partial charge on any atom is 0.248 e. The van der Waals surface area contributed by atoms with E-state index in [1.165, 1.54) is 0 Å². The lowest BCUT2D eigenvalue weighted by Gasteiger charge is -2.07. The number of nitrogens with zero attached hydrogens (tertiary/aromatic N) is 2. The number of benzene rings is 1. The van der Waals surface area contributed by atoms with Crippen molar-refractivity contribution < 1.29 is 4.42 Å². The minimum atomic E-state index is 0.110. The van der Waals surface area contributed by atoms with Crippen molar-refractivity contribution in [3.05, 3.63) is 34.1 Å². The molecule has 1 unspecified atom stereocenters. The Morgan fingerprint density at radius 3 is 2.83 bits per heavy atom. The fraction of sp³-hybridized carbons (Fsp3) is 0.385. The van der Waals surface area contributed by atoms with Gasteiger partial charge in [0.05, 0.1) is 6.04 Å². The molecular formula is C13H16BrN3O. The zero-order valence-corrected chi connectivity index (χ0v) is 12.3. The van der Waals surface area contributed by atoms with Gasteiger partial charge in [-0.3, -0.25) is 0 Å². The molecule has 0 fully saturated rings. The summed E-state index contributed by atoms with van der Waals surface area (Å²) in [6.07, 6.45) is 0.912. The maximum atomic E-state index is 5.74. The van der Waals surface area contributed by atoms with Gasteiger partial charge in [-0.25, -0.2) is 0 Å².